The van der Waals surface area contributed by atoms with E-state index in [0.29, 0.717) is 0 Å². The Morgan fingerprint density at radius 2 is 1.88 bits per heavy atom. The molecule has 2 aromatic rings. The number of aryl methyl sites for hydroxylation is 1. The Bertz CT molecular complexity index is 422. The second kappa shape index (κ2) is 6.32. The maximum Gasteiger partial charge on any atom is 0.631 e. The first-order valence-electron chi connectivity index (χ1n) is 5.14. The van der Waals surface area contributed by atoms with Crippen LogP contribution in [0.3, 0.4) is 0 Å². The third kappa shape index (κ3) is 4.06. The molecule has 3 N–H and O–H groups in total. The minimum absolute atomic E-state index is 1.00. The fourth-order valence-electron chi connectivity index (χ4n) is 1.44. The van der Waals surface area contributed by atoms with Gasteiger partial charge in [-0.05, 0) is 24.1 Å². The third-order valence-electron chi connectivity index (χ3n) is 2.06. The lowest BCUT2D eigenvalue weighted by Crippen LogP contribution is -2.07. The van der Waals surface area contributed by atoms with Crippen LogP contribution in [0.2, 0.25) is 0 Å². The molecule has 1 aromatic carbocycles. The summed E-state index contributed by atoms with van der Waals surface area (Å²) in [6.07, 6.45) is 4.06. The van der Waals surface area contributed by atoms with Gasteiger partial charge in [0.1, 0.15) is 5.58 Å². The molecule has 0 unspecified atom stereocenters. The van der Waals surface area contributed by atoms with E-state index in [1.165, 1.54) is 17.4 Å². The van der Waals surface area contributed by atoms with Crippen LogP contribution in [0, 0.1) is 0 Å². The highest BCUT2D eigenvalue weighted by Crippen LogP contribution is 2.17. The molecule has 0 aliphatic carbocycles. The lowest BCUT2D eigenvalue weighted by molar-refractivity contribution is 0.278. The maximum absolute atomic E-state index is 7.17. The average molecular weight is 222 g/mol. The fourth-order valence-corrected chi connectivity index (χ4v) is 1.44. The van der Waals surface area contributed by atoms with Crippen LogP contribution in [0.4, 0.5) is 0 Å². The highest BCUT2D eigenvalue weighted by atomic mass is 16.5. The molecule has 0 radical (unpaired) electrons. The van der Waals surface area contributed by atoms with Crippen molar-refractivity contribution in [2.24, 2.45) is 0 Å². The summed E-state index contributed by atoms with van der Waals surface area (Å²) in [5, 5.41) is 22.7. The molecule has 0 aliphatic rings. The van der Waals surface area contributed by atoms with Crippen molar-refractivity contribution in [1.82, 2.24) is 0 Å². The normalized spacial score (nSPS) is 9.75. The summed E-state index contributed by atoms with van der Waals surface area (Å²) >= 11 is 0. The molecular weight excluding hydrogens is 207 g/mol. The first-order chi connectivity index (χ1) is 7.63. The summed E-state index contributed by atoms with van der Waals surface area (Å²) in [6, 6.07) is 8.40. The van der Waals surface area contributed by atoms with Crippen LogP contribution in [0.1, 0.15) is 18.9 Å². The highest BCUT2D eigenvalue weighted by molar-refractivity contribution is 6.30. The summed E-state index contributed by atoms with van der Waals surface area (Å²) in [4.78, 5) is 0. The zero-order chi connectivity index (χ0) is 12.0. The Hall–Kier alpha value is -1.30. The van der Waals surface area contributed by atoms with E-state index >= 15 is 0 Å². The summed E-state index contributed by atoms with van der Waals surface area (Å²) in [5.41, 5.74) is 2.36. The number of furan rings is 1. The van der Waals surface area contributed by atoms with E-state index in [4.69, 9.17) is 19.5 Å². The molecule has 0 atom stereocenters. The van der Waals surface area contributed by atoms with Gasteiger partial charge in [0.05, 0.1) is 6.26 Å². The molecule has 1 heterocycles. The fraction of sp³-hybridized carbons (Fsp3) is 0.273. The summed E-state index contributed by atoms with van der Waals surface area (Å²) in [7, 11) is -2.17. The van der Waals surface area contributed by atoms with E-state index in [1.807, 2.05) is 6.07 Å². The van der Waals surface area contributed by atoms with Crippen molar-refractivity contribution in [2.45, 2.75) is 19.8 Å². The summed E-state index contributed by atoms with van der Waals surface area (Å²) < 4.78 is 5.30. The molecule has 0 saturated heterocycles. The number of hydrogen-bond acceptors (Lipinski definition) is 4. The van der Waals surface area contributed by atoms with Crippen LogP contribution in [-0.2, 0) is 6.42 Å². The molecule has 0 amide bonds. The molecule has 0 aliphatic heterocycles. The smallest absolute Gasteiger partial charge is 0.464 e. The average Bonchev–Trinajstić information content (AvgIpc) is 2.64. The number of rotatable bonds is 2. The van der Waals surface area contributed by atoms with Crippen molar-refractivity contribution in [1.29, 1.82) is 0 Å². The van der Waals surface area contributed by atoms with Crippen molar-refractivity contribution in [3.05, 3.63) is 36.1 Å². The Labute approximate surface area is 94.3 Å². The Morgan fingerprint density at radius 3 is 2.50 bits per heavy atom. The van der Waals surface area contributed by atoms with E-state index in [9.17, 15) is 0 Å². The predicted molar refractivity (Wildman–Crippen MR) is 62.6 cm³/mol. The Kier molecular flexibility index (Phi) is 5.05. The molecular formula is C11H15BO4. The maximum atomic E-state index is 7.17. The molecule has 5 heteroatoms. The molecule has 4 nitrogen and oxygen atoms in total. The first kappa shape index (κ1) is 12.8. The van der Waals surface area contributed by atoms with E-state index < -0.39 is 7.32 Å². The van der Waals surface area contributed by atoms with Crippen LogP contribution < -0.4 is 0 Å². The summed E-state index contributed by atoms with van der Waals surface area (Å²) in [5.74, 6) is 0. The zero-order valence-electron chi connectivity index (χ0n) is 9.13. The van der Waals surface area contributed by atoms with E-state index in [-0.39, 0.29) is 0 Å². The van der Waals surface area contributed by atoms with Crippen molar-refractivity contribution in [3.63, 3.8) is 0 Å². The van der Waals surface area contributed by atoms with Gasteiger partial charge in [-0.25, -0.2) is 0 Å². The highest BCUT2D eigenvalue weighted by Gasteiger charge is 1.97. The number of fused-ring (bicyclic) bond motifs is 1. The van der Waals surface area contributed by atoms with Gasteiger partial charge in [-0.2, -0.15) is 0 Å². The molecule has 0 spiro atoms. The number of benzene rings is 1. The van der Waals surface area contributed by atoms with E-state index in [0.717, 1.165) is 12.0 Å². The molecule has 0 saturated carbocycles. The molecule has 2 rings (SSSR count). The second-order valence-corrected chi connectivity index (χ2v) is 3.39. The largest absolute Gasteiger partial charge is 0.631 e. The van der Waals surface area contributed by atoms with Gasteiger partial charge in [0.25, 0.3) is 0 Å². The van der Waals surface area contributed by atoms with Crippen molar-refractivity contribution in [3.8, 4) is 0 Å². The molecule has 86 valence electrons. The third-order valence-corrected chi connectivity index (χ3v) is 2.06. The van der Waals surface area contributed by atoms with E-state index in [2.05, 4.69) is 25.1 Å². The lowest BCUT2D eigenvalue weighted by atomic mass is 10.1. The van der Waals surface area contributed by atoms with E-state index in [1.54, 1.807) is 6.26 Å². The minimum atomic E-state index is -2.17. The van der Waals surface area contributed by atoms with Gasteiger partial charge in [-0.3, -0.25) is 0 Å². The van der Waals surface area contributed by atoms with Crippen molar-refractivity contribution >= 4 is 18.3 Å². The van der Waals surface area contributed by atoms with Crippen LogP contribution in [-0.4, -0.2) is 22.4 Å². The standard InChI is InChI=1S/C11H12O.BH3O3/c1-2-3-9-4-5-10-6-7-12-11(10)8-9;2-1(3)4/h4-8H,2-3H2,1H3;2-4H. The van der Waals surface area contributed by atoms with Gasteiger partial charge in [-0.15, -0.1) is 0 Å². The monoisotopic (exact) mass is 222 g/mol. The Balaban J connectivity index is 0.000000280. The predicted octanol–water partition coefficient (Wildman–Crippen LogP) is 1.33. The van der Waals surface area contributed by atoms with Crippen molar-refractivity contribution in [2.75, 3.05) is 0 Å². The summed E-state index contributed by atoms with van der Waals surface area (Å²) in [6.45, 7) is 2.19. The van der Waals surface area contributed by atoms with Crippen molar-refractivity contribution < 1.29 is 19.5 Å². The second-order valence-electron chi connectivity index (χ2n) is 3.39. The first-order valence-corrected chi connectivity index (χ1v) is 5.14. The SMILES string of the molecule is CCCc1ccc2ccoc2c1.OB(O)O. The Morgan fingerprint density at radius 1 is 1.19 bits per heavy atom. The van der Waals surface area contributed by atoms with Gasteiger partial charge in [0, 0.05) is 5.39 Å². The topological polar surface area (TPSA) is 73.8 Å². The van der Waals surface area contributed by atoms with Crippen LogP contribution in [0.25, 0.3) is 11.0 Å². The van der Waals surface area contributed by atoms with Gasteiger partial charge in [0.2, 0.25) is 0 Å². The molecule has 0 bridgehead atoms. The minimum Gasteiger partial charge on any atom is -0.464 e. The quantitative estimate of drug-likeness (QED) is 0.670. The van der Waals surface area contributed by atoms with Gasteiger partial charge >= 0.3 is 7.32 Å². The van der Waals surface area contributed by atoms with Crippen LogP contribution in [0.5, 0.6) is 0 Å². The molecule has 0 fully saturated rings. The van der Waals surface area contributed by atoms with Gasteiger partial charge < -0.3 is 19.5 Å². The van der Waals surface area contributed by atoms with Gasteiger partial charge in [-0.1, -0.05) is 25.5 Å². The van der Waals surface area contributed by atoms with Gasteiger partial charge in [0.15, 0.2) is 0 Å². The van der Waals surface area contributed by atoms with Crippen LogP contribution in [0.15, 0.2) is 34.9 Å². The molecule has 16 heavy (non-hydrogen) atoms. The zero-order valence-corrected chi connectivity index (χ0v) is 9.13. The number of hydrogen-bond donors (Lipinski definition) is 3. The lowest BCUT2D eigenvalue weighted by Gasteiger charge is -1.96. The van der Waals surface area contributed by atoms with Crippen LogP contribution >= 0.6 is 0 Å². The molecule has 1 aromatic heterocycles.